The molecule has 0 bridgehead atoms. The third kappa shape index (κ3) is 5.63. The van der Waals surface area contributed by atoms with Crippen LogP contribution in [0, 0.1) is 83.1 Å². The van der Waals surface area contributed by atoms with Gasteiger partial charge >= 0.3 is 0 Å². The average molecular weight is 1060 g/mol. The van der Waals surface area contributed by atoms with Crippen LogP contribution >= 0.6 is 0 Å². The van der Waals surface area contributed by atoms with E-state index in [1.54, 1.807) is 12.1 Å². The Hall–Kier alpha value is -9.38. The topological polar surface area (TPSA) is 68.3 Å². The van der Waals surface area contributed by atoms with Crippen molar-refractivity contribution < 1.29 is 0 Å². The van der Waals surface area contributed by atoms with Gasteiger partial charge in [-0.1, -0.05) is 70.8 Å². The minimum atomic E-state index is -0.532. The molecule has 0 aliphatic heterocycles. The molecular formula is C78H54O4. The number of rotatable bonds is 4. The molecule has 0 radical (unpaired) electrons. The monoisotopic (exact) mass is 1050 g/mol. The van der Waals surface area contributed by atoms with Crippen molar-refractivity contribution in [2.75, 3.05) is 0 Å². The summed E-state index contributed by atoms with van der Waals surface area (Å²) in [5, 5.41) is 21.2. The van der Waals surface area contributed by atoms with Gasteiger partial charge in [0.15, 0.2) is 0 Å². The first-order chi connectivity index (χ1) is 39.3. The molecule has 0 unspecified atom stereocenters. The number of benzene rings is 17. The van der Waals surface area contributed by atoms with E-state index in [0.29, 0.717) is 10.8 Å². The van der Waals surface area contributed by atoms with Crippen LogP contribution in [-0.2, 0) is 0 Å². The molecule has 17 rings (SSSR count). The van der Waals surface area contributed by atoms with Crippen molar-refractivity contribution in [1.82, 2.24) is 0 Å². The van der Waals surface area contributed by atoms with Gasteiger partial charge in [-0.05, 0) is 330 Å². The van der Waals surface area contributed by atoms with Crippen molar-refractivity contribution in [3.8, 4) is 44.5 Å². The minimum absolute atomic E-state index is 0.446. The smallest absolute Gasteiger partial charge is 0.234 e. The maximum absolute atomic E-state index is 15.6. The largest absolute Gasteiger partial charge is 0.286 e. The first-order valence-corrected chi connectivity index (χ1v) is 28.7. The van der Waals surface area contributed by atoms with Crippen LogP contribution in [0.4, 0.5) is 0 Å². The van der Waals surface area contributed by atoms with Crippen LogP contribution in [0.5, 0.6) is 0 Å². The highest BCUT2D eigenvalue weighted by Gasteiger charge is 2.35. The summed E-state index contributed by atoms with van der Waals surface area (Å²) in [6.07, 6.45) is 0. The van der Waals surface area contributed by atoms with Gasteiger partial charge in [-0.15, -0.1) is 0 Å². The predicted octanol–water partition coefficient (Wildman–Crippen LogP) is 18.8. The third-order valence-electron chi connectivity index (χ3n) is 19.6. The summed E-state index contributed by atoms with van der Waals surface area (Å²) < 4.78 is 0. The zero-order valence-electron chi connectivity index (χ0n) is 48.0. The van der Waals surface area contributed by atoms with E-state index in [4.69, 9.17) is 0 Å². The van der Waals surface area contributed by atoms with E-state index in [1.807, 2.05) is 0 Å². The lowest BCUT2D eigenvalue weighted by Gasteiger charge is -2.30. The Bertz CT molecular complexity index is 5590. The predicted molar refractivity (Wildman–Crippen MR) is 350 cm³/mol. The van der Waals surface area contributed by atoms with E-state index in [2.05, 4.69) is 180 Å². The number of fused-ring (bicyclic) bond motifs is 6. The molecule has 0 saturated heterocycles. The molecule has 0 aliphatic rings. The van der Waals surface area contributed by atoms with E-state index in [-0.39, 0.29) is 0 Å². The Morgan fingerprint density at radius 3 is 0.598 bits per heavy atom. The highest BCUT2D eigenvalue weighted by Crippen LogP contribution is 2.61. The van der Waals surface area contributed by atoms with Gasteiger partial charge in [0.1, 0.15) is 0 Å². The molecule has 82 heavy (non-hydrogen) atoms. The second kappa shape index (κ2) is 15.3. The summed E-state index contributed by atoms with van der Waals surface area (Å²) in [5.74, 6) is 0. The molecular weight excluding hydrogens is 1000 g/mol. The van der Waals surface area contributed by atoms with E-state index in [0.717, 1.165) is 219 Å². The Balaban J connectivity index is 1.25. The quantitative estimate of drug-likeness (QED) is 0.100. The van der Waals surface area contributed by atoms with Gasteiger partial charge < -0.3 is 0 Å². The first kappa shape index (κ1) is 47.4. The molecule has 17 aromatic carbocycles. The molecule has 0 amide bonds. The minimum Gasteiger partial charge on any atom is -0.286 e. The van der Waals surface area contributed by atoms with Gasteiger partial charge in [0.25, 0.3) is 0 Å². The van der Waals surface area contributed by atoms with Crippen LogP contribution in [0.1, 0.15) is 66.8 Å². The van der Waals surface area contributed by atoms with Crippen molar-refractivity contribution in [3.63, 3.8) is 0 Å². The van der Waals surface area contributed by atoms with E-state index in [1.165, 1.54) is 11.1 Å². The second-order valence-electron chi connectivity index (χ2n) is 25.1. The van der Waals surface area contributed by atoms with Crippen LogP contribution < -0.4 is 21.7 Å². The standard InChI is InChI=1S/C78H54O4/c1-31-13-35(5)59(36(6)14-31)43-21-47-48-22-44(60-37(7)15-32(2)16-38(60)8)24-52-54-30-58(80)78(82)70-56-28-46(62-41(11)19-34(4)20-42(62)12)26-50-49-25-45(61-39(9)17-33(3)18-40(61)10)27-55-65(49)73-74(66(50)56)76(68(54)70)72(64(48)52)71-63(47)51(23-43)53-29-57(79)77(81)69(55)67(53)75(71)73/h13-30H,1-12H3. The highest BCUT2D eigenvalue weighted by atomic mass is 16.2. The Kier molecular flexibility index (Phi) is 8.87. The molecule has 4 nitrogen and oxygen atoms in total. The maximum atomic E-state index is 15.6. The number of hydrogen-bond donors (Lipinski definition) is 0. The summed E-state index contributed by atoms with van der Waals surface area (Å²) in [7, 11) is 0. The lowest BCUT2D eigenvalue weighted by molar-refractivity contribution is 1.32. The van der Waals surface area contributed by atoms with E-state index < -0.39 is 21.7 Å². The Morgan fingerprint density at radius 2 is 0.366 bits per heavy atom. The molecule has 0 aromatic heterocycles. The first-order valence-electron chi connectivity index (χ1n) is 28.7. The molecule has 0 aliphatic carbocycles. The zero-order valence-corrected chi connectivity index (χ0v) is 48.0. The lowest BCUT2D eigenvalue weighted by atomic mass is 9.72. The number of aryl methyl sites for hydroxylation is 12. The highest BCUT2D eigenvalue weighted by molar-refractivity contribution is 6.61. The molecule has 17 aromatic rings. The SMILES string of the molecule is Cc1cc(C)c(-c2cc3c4cc(-c5c(C)cc(C)cc5C)cc5c6cc(=O)c(=O)c7c8cc(-c9c(C)cc(C)cc9C)cc9c%10cc(-c%11c(C)cc(C)cc%11C)cc%11c%12c(=O)c(=O)cc%13c(c2)c3c2c(c45)c(c67)c(c98)c(c%10%11)c2c%13%12)c(C)c1. The molecule has 0 atom stereocenters. The Labute approximate surface area is 471 Å². The molecule has 0 fully saturated rings. The normalized spacial score (nSPS) is 12.8. The average Bonchev–Trinajstić information content (AvgIpc) is 0.666. The third-order valence-corrected chi connectivity index (χ3v) is 19.6. The van der Waals surface area contributed by atoms with Gasteiger partial charge in [-0.2, -0.15) is 0 Å². The van der Waals surface area contributed by atoms with Crippen molar-refractivity contribution in [1.29, 1.82) is 0 Å². The Morgan fingerprint density at radius 1 is 0.183 bits per heavy atom. The molecule has 0 N–H and O–H groups in total. The van der Waals surface area contributed by atoms with Crippen molar-refractivity contribution in [2.45, 2.75) is 83.1 Å². The lowest BCUT2D eigenvalue weighted by Crippen LogP contribution is -2.24. The van der Waals surface area contributed by atoms with Crippen molar-refractivity contribution in [2.24, 2.45) is 0 Å². The summed E-state index contributed by atoms with van der Waals surface area (Å²) >= 11 is 0. The van der Waals surface area contributed by atoms with E-state index in [9.17, 15) is 0 Å². The maximum Gasteiger partial charge on any atom is 0.234 e. The summed E-state index contributed by atoms with van der Waals surface area (Å²) in [4.78, 5) is 61.4. The second-order valence-corrected chi connectivity index (χ2v) is 25.1. The van der Waals surface area contributed by atoms with Crippen LogP contribution in [0.2, 0.25) is 0 Å². The van der Waals surface area contributed by atoms with Crippen molar-refractivity contribution in [3.05, 3.63) is 217 Å². The zero-order chi connectivity index (χ0) is 56.4. The van der Waals surface area contributed by atoms with Crippen molar-refractivity contribution >= 4 is 129 Å². The van der Waals surface area contributed by atoms with Crippen LogP contribution in [0.3, 0.4) is 0 Å². The van der Waals surface area contributed by atoms with Crippen LogP contribution in [0.15, 0.2) is 128 Å². The molecule has 0 heterocycles. The van der Waals surface area contributed by atoms with Crippen LogP contribution in [-0.4, -0.2) is 0 Å². The summed E-state index contributed by atoms with van der Waals surface area (Å²) in [5.41, 5.74) is 20.0. The summed E-state index contributed by atoms with van der Waals surface area (Å²) in [6, 6.07) is 39.5. The van der Waals surface area contributed by atoms with Gasteiger partial charge in [-0.25, -0.2) is 0 Å². The van der Waals surface area contributed by atoms with Crippen LogP contribution in [0.25, 0.3) is 174 Å². The van der Waals surface area contributed by atoms with Gasteiger partial charge in [0.2, 0.25) is 21.7 Å². The van der Waals surface area contributed by atoms with Gasteiger partial charge in [0.05, 0.1) is 0 Å². The fourth-order valence-corrected chi connectivity index (χ4v) is 17.4. The molecule has 4 heteroatoms. The van der Waals surface area contributed by atoms with Gasteiger partial charge in [0, 0.05) is 32.3 Å². The fraction of sp³-hybridized carbons (Fsp3) is 0.154. The van der Waals surface area contributed by atoms with E-state index >= 15 is 19.2 Å². The fourth-order valence-electron chi connectivity index (χ4n) is 17.4. The van der Waals surface area contributed by atoms with Gasteiger partial charge in [-0.3, -0.25) is 19.2 Å². The molecule has 0 spiro atoms. The molecule has 390 valence electrons. The summed E-state index contributed by atoms with van der Waals surface area (Å²) in [6.45, 7) is 25.9. The molecule has 0 saturated carbocycles. The number of hydrogen-bond acceptors (Lipinski definition) is 4.